The van der Waals surface area contributed by atoms with Gasteiger partial charge in [0, 0.05) is 7.05 Å². The normalized spacial score (nSPS) is 11.2. The third-order valence-electron chi connectivity index (χ3n) is 2.37. The molecule has 0 fully saturated rings. The van der Waals surface area contributed by atoms with Crippen molar-refractivity contribution in [3.63, 3.8) is 0 Å². The van der Waals surface area contributed by atoms with E-state index < -0.39 is 5.41 Å². The van der Waals surface area contributed by atoms with Gasteiger partial charge in [-0.15, -0.1) is 0 Å². The maximum atomic E-state index is 12.7. The van der Waals surface area contributed by atoms with Gasteiger partial charge in [-0.2, -0.15) is 0 Å². The van der Waals surface area contributed by atoms with E-state index in [9.17, 15) is 9.18 Å². The highest BCUT2D eigenvalue weighted by Gasteiger charge is 2.29. The van der Waals surface area contributed by atoms with Gasteiger partial charge >= 0.3 is 0 Å². The van der Waals surface area contributed by atoms with Gasteiger partial charge in [0.25, 0.3) is 0 Å². The molecule has 0 bridgehead atoms. The Kier molecular flexibility index (Phi) is 3.42. The van der Waals surface area contributed by atoms with E-state index >= 15 is 0 Å². The first-order valence-corrected chi connectivity index (χ1v) is 4.71. The number of hydrogen-bond acceptors (Lipinski definition) is 2. The van der Waals surface area contributed by atoms with Crippen LogP contribution in [0.2, 0.25) is 0 Å². The zero-order valence-electron chi connectivity index (χ0n) is 9.10. The lowest BCUT2D eigenvalue weighted by Crippen LogP contribution is -2.45. The summed E-state index contributed by atoms with van der Waals surface area (Å²) in [6.45, 7) is 3.57. The molecule has 0 aromatic heterocycles. The van der Waals surface area contributed by atoms with Gasteiger partial charge in [0.1, 0.15) is 5.82 Å². The molecule has 1 rings (SSSR count). The SMILES string of the molecule is CNNC(=O)C(C)(C)c1ccc(F)cc1. The molecular formula is C11H15FN2O. The van der Waals surface area contributed by atoms with Gasteiger partial charge in [0.05, 0.1) is 5.41 Å². The van der Waals surface area contributed by atoms with E-state index in [4.69, 9.17) is 0 Å². The molecule has 1 aromatic rings. The van der Waals surface area contributed by atoms with Crippen LogP contribution in [0, 0.1) is 5.82 Å². The minimum Gasteiger partial charge on any atom is -0.291 e. The lowest BCUT2D eigenvalue weighted by molar-refractivity contribution is -0.126. The van der Waals surface area contributed by atoms with E-state index in [2.05, 4.69) is 10.9 Å². The molecule has 3 nitrogen and oxygen atoms in total. The summed E-state index contributed by atoms with van der Waals surface area (Å²) >= 11 is 0. The molecule has 0 aliphatic heterocycles. The van der Waals surface area contributed by atoms with E-state index in [1.54, 1.807) is 33.0 Å². The fourth-order valence-electron chi connectivity index (χ4n) is 1.27. The van der Waals surface area contributed by atoms with Gasteiger partial charge < -0.3 is 0 Å². The van der Waals surface area contributed by atoms with E-state index in [0.717, 1.165) is 5.56 Å². The van der Waals surface area contributed by atoms with Crippen molar-refractivity contribution in [3.8, 4) is 0 Å². The molecule has 0 unspecified atom stereocenters. The minimum absolute atomic E-state index is 0.156. The zero-order valence-corrected chi connectivity index (χ0v) is 9.10. The topological polar surface area (TPSA) is 41.1 Å². The number of rotatable bonds is 3. The molecule has 1 amide bonds. The fraction of sp³-hybridized carbons (Fsp3) is 0.364. The first-order chi connectivity index (χ1) is 6.98. The lowest BCUT2D eigenvalue weighted by atomic mass is 9.84. The van der Waals surface area contributed by atoms with Crippen molar-refractivity contribution in [2.24, 2.45) is 0 Å². The first-order valence-electron chi connectivity index (χ1n) is 4.71. The van der Waals surface area contributed by atoms with Gasteiger partial charge in [-0.1, -0.05) is 12.1 Å². The summed E-state index contributed by atoms with van der Waals surface area (Å²) in [7, 11) is 1.62. The monoisotopic (exact) mass is 210 g/mol. The maximum absolute atomic E-state index is 12.7. The summed E-state index contributed by atoms with van der Waals surface area (Å²) in [5, 5.41) is 0. The molecule has 0 heterocycles. The van der Waals surface area contributed by atoms with Crippen LogP contribution in [-0.4, -0.2) is 13.0 Å². The van der Waals surface area contributed by atoms with Gasteiger partial charge in [-0.05, 0) is 31.5 Å². The Balaban J connectivity index is 2.94. The molecule has 0 atom stereocenters. The second-order valence-electron chi connectivity index (χ2n) is 3.84. The number of hydrazine groups is 1. The molecule has 82 valence electrons. The van der Waals surface area contributed by atoms with Crippen molar-refractivity contribution in [2.45, 2.75) is 19.3 Å². The quantitative estimate of drug-likeness (QED) is 0.739. The summed E-state index contributed by atoms with van der Waals surface area (Å²) in [4.78, 5) is 11.7. The number of hydrogen-bond donors (Lipinski definition) is 2. The summed E-state index contributed by atoms with van der Waals surface area (Å²) in [6, 6.07) is 5.93. The van der Waals surface area contributed by atoms with Crippen LogP contribution in [-0.2, 0) is 10.2 Å². The molecule has 15 heavy (non-hydrogen) atoms. The first kappa shape index (κ1) is 11.7. The highest BCUT2D eigenvalue weighted by molar-refractivity contribution is 5.86. The largest absolute Gasteiger partial charge is 0.291 e. The third kappa shape index (κ3) is 2.53. The Hall–Kier alpha value is -1.42. The molecule has 0 aliphatic carbocycles. The van der Waals surface area contributed by atoms with Crippen LogP contribution >= 0.6 is 0 Å². The van der Waals surface area contributed by atoms with Crippen molar-refractivity contribution < 1.29 is 9.18 Å². The smallest absolute Gasteiger partial charge is 0.244 e. The highest BCUT2D eigenvalue weighted by Crippen LogP contribution is 2.23. The second-order valence-corrected chi connectivity index (χ2v) is 3.84. The van der Waals surface area contributed by atoms with Crippen LogP contribution in [0.25, 0.3) is 0 Å². The Labute approximate surface area is 88.7 Å². The van der Waals surface area contributed by atoms with Crippen LogP contribution in [0.1, 0.15) is 19.4 Å². The molecular weight excluding hydrogens is 195 g/mol. The van der Waals surface area contributed by atoms with Crippen LogP contribution in [0.15, 0.2) is 24.3 Å². The standard InChI is InChI=1S/C11H15FN2O/c1-11(2,10(15)14-13-3)8-4-6-9(12)7-5-8/h4-7,13H,1-3H3,(H,14,15). The third-order valence-corrected chi connectivity index (χ3v) is 2.37. The summed E-state index contributed by atoms with van der Waals surface area (Å²) < 4.78 is 12.7. The number of amides is 1. The predicted molar refractivity (Wildman–Crippen MR) is 56.6 cm³/mol. The average molecular weight is 210 g/mol. The number of carbonyl (C=O) groups excluding carboxylic acids is 1. The van der Waals surface area contributed by atoms with Crippen LogP contribution in [0.5, 0.6) is 0 Å². The molecule has 0 radical (unpaired) electrons. The van der Waals surface area contributed by atoms with E-state index in [-0.39, 0.29) is 11.7 Å². The Bertz CT molecular complexity index is 346. The average Bonchev–Trinajstić information content (AvgIpc) is 2.18. The molecule has 1 aromatic carbocycles. The van der Waals surface area contributed by atoms with Crippen molar-refractivity contribution in [3.05, 3.63) is 35.6 Å². The molecule has 0 saturated carbocycles. The van der Waals surface area contributed by atoms with Gasteiger partial charge in [-0.3, -0.25) is 10.2 Å². The summed E-state index contributed by atoms with van der Waals surface area (Å²) in [5.74, 6) is -0.458. The van der Waals surface area contributed by atoms with Crippen molar-refractivity contribution in [2.75, 3.05) is 7.05 Å². The van der Waals surface area contributed by atoms with Crippen molar-refractivity contribution >= 4 is 5.91 Å². The number of carbonyl (C=O) groups is 1. The van der Waals surface area contributed by atoms with Crippen LogP contribution in [0.4, 0.5) is 4.39 Å². The predicted octanol–water partition coefficient (Wildman–Crippen LogP) is 1.35. The Morgan fingerprint density at radius 2 is 1.80 bits per heavy atom. The molecule has 0 spiro atoms. The fourth-order valence-corrected chi connectivity index (χ4v) is 1.27. The van der Waals surface area contributed by atoms with E-state index in [1.807, 2.05) is 0 Å². The Morgan fingerprint density at radius 3 is 2.27 bits per heavy atom. The molecule has 2 N–H and O–H groups in total. The maximum Gasteiger partial charge on any atom is 0.244 e. The van der Waals surface area contributed by atoms with Crippen LogP contribution in [0.3, 0.4) is 0 Å². The number of nitrogens with one attached hydrogen (secondary N) is 2. The number of halogens is 1. The minimum atomic E-state index is -0.684. The molecule has 0 aliphatic rings. The highest BCUT2D eigenvalue weighted by atomic mass is 19.1. The number of benzene rings is 1. The van der Waals surface area contributed by atoms with E-state index in [1.165, 1.54) is 12.1 Å². The molecule has 0 saturated heterocycles. The van der Waals surface area contributed by atoms with Gasteiger partial charge in [0.15, 0.2) is 0 Å². The van der Waals surface area contributed by atoms with Gasteiger partial charge in [0.2, 0.25) is 5.91 Å². The Morgan fingerprint density at radius 1 is 1.27 bits per heavy atom. The zero-order chi connectivity index (χ0) is 11.5. The van der Waals surface area contributed by atoms with Gasteiger partial charge in [-0.25, -0.2) is 9.82 Å². The van der Waals surface area contributed by atoms with Crippen LogP contribution < -0.4 is 10.9 Å². The lowest BCUT2D eigenvalue weighted by Gasteiger charge is -2.23. The second kappa shape index (κ2) is 4.40. The van der Waals surface area contributed by atoms with Crippen molar-refractivity contribution in [1.29, 1.82) is 0 Å². The summed E-state index contributed by atoms with van der Waals surface area (Å²) in [6.07, 6.45) is 0. The van der Waals surface area contributed by atoms with E-state index in [0.29, 0.717) is 0 Å². The van der Waals surface area contributed by atoms with Crippen molar-refractivity contribution in [1.82, 2.24) is 10.9 Å². The summed E-state index contributed by atoms with van der Waals surface area (Å²) in [5.41, 5.74) is 5.19. The molecule has 4 heteroatoms.